The smallest absolute Gasteiger partial charge is 0.213 e. The van der Waals surface area contributed by atoms with E-state index in [4.69, 9.17) is 26.6 Å². The molecule has 72 valence electrons. The van der Waals surface area contributed by atoms with Gasteiger partial charge in [0, 0.05) is 6.07 Å². The Kier molecular flexibility index (Phi) is 3.95. The summed E-state index contributed by atoms with van der Waals surface area (Å²) < 4.78 is 5.02. The quantitative estimate of drug-likeness (QED) is 0.752. The summed E-state index contributed by atoms with van der Waals surface area (Å²) in [6.07, 6.45) is 0. The molecule has 0 aliphatic rings. The molecule has 0 aromatic carbocycles. The molecule has 0 aliphatic carbocycles. The van der Waals surface area contributed by atoms with Crippen molar-refractivity contribution < 1.29 is 14.9 Å². The monoisotopic (exact) mass is 203 g/mol. The number of aromatic nitrogens is 1. The minimum absolute atomic E-state index is 0.0707. The maximum absolute atomic E-state index is 8.82. The maximum atomic E-state index is 8.82. The number of aliphatic hydroxyl groups is 2. The number of pyridine rings is 1. The maximum Gasteiger partial charge on any atom is 0.213 e. The normalized spacial score (nSPS) is 10.1. The molecule has 2 N–H and O–H groups in total. The van der Waals surface area contributed by atoms with Crippen molar-refractivity contribution in [3.05, 3.63) is 22.8 Å². The lowest BCUT2D eigenvalue weighted by molar-refractivity contribution is 0.195. The summed E-state index contributed by atoms with van der Waals surface area (Å²) in [5.41, 5.74) is 0.372. The number of ether oxygens (including phenoxy) is 1. The van der Waals surface area contributed by atoms with Crippen LogP contribution in [0.4, 0.5) is 0 Å². The fourth-order valence-electron chi connectivity index (χ4n) is 0.806. The van der Waals surface area contributed by atoms with E-state index >= 15 is 0 Å². The van der Waals surface area contributed by atoms with E-state index in [9.17, 15) is 0 Å². The van der Waals surface area contributed by atoms with Crippen molar-refractivity contribution in [2.75, 3.05) is 13.2 Å². The number of halogens is 1. The fraction of sp³-hybridized carbons (Fsp3) is 0.375. The fourth-order valence-corrected chi connectivity index (χ4v) is 0.971. The average molecular weight is 204 g/mol. The van der Waals surface area contributed by atoms with Crippen molar-refractivity contribution in [1.29, 1.82) is 0 Å². The van der Waals surface area contributed by atoms with Gasteiger partial charge in [-0.05, 0) is 6.07 Å². The van der Waals surface area contributed by atoms with Crippen LogP contribution in [0.1, 0.15) is 5.69 Å². The van der Waals surface area contributed by atoms with Crippen LogP contribution < -0.4 is 4.74 Å². The van der Waals surface area contributed by atoms with Crippen molar-refractivity contribution in [3.63, 3.8) is 0 Å². The molecule has 1 aromatic rings. The van der Waals surface area contributed by atoms with E-state index in [0.717, 1.165) is 0 Å². The van der Waals surface area contributed by atoms with Gasteiger partial charge in [0.25, 0.3) is 0 Å². The zero-order valence-corrected chi connectivity index (χ0v) is 7.66. The van der Waals surface area contributed by atoms with Gasteiger partial charge in [-0.25, -0.2) is 4.98 Å². The first-order chi connectivity index (χ1) is 6.27. The van der Waals surface area contributed by atoms with Crippen LogP contribution in [0, 0.1) is 0 Å². The molecule has 13 heavy (non-hydrogen) atoms. The van der Waals surface area contributed by atoms with Gasteiger partial charge in [0.15, 0.2) is 0 Å². The van der Waals surface area contributed by atoms with Gasteiger partial charge in [-0.15, -0.1) is 0 Å². The van der Waals surface area contributed by atoms with Crippen molar-refractivity contribution in [3.8, 4) is 5.88 Å². The highest BCUT2D eigenvalue weighted by atomic mass is 35.5. The van der Waals surface area contributed by atoms with Crippen LogP contribution in [0.2, 0.25) is 5.02 Å². The van der Waals surface area contributed by atoms with Gasteiger partial charge >= 0.3 is 0 Å². The number of hydrogen-bond acceptors (Lipinski definition) is 4. The molecule has 0 fully saturated rings. The molecule has 0 aliphatic heterocycles. The number of rotatable bonds is 4. The predicted octanol–water partition coefficient (Wildman–Crippen LogP) is 0.598. The standard InChI is InChI=1S/C8H10ClNO3/c9-6-1-2-8(13-4-3-11)10-7(6)5-12/h1-2,11-12H,3-5H2. The predicted molar refractivity (Wildman–Crippen MR) is 47.8 cm³/mol. The summed E-state index contributed by atoms with van der Waals surface area (Å²) in [5, 5.41) is 17.7. The summed E-state index contributed by atoms with van der Waals surface area (Å²) >= 11 is 5.70. The van der Waals surface area contributed by atoms with E-state index in [1.807, 2.05) is 0 Å². The molecule has 1 rings (SSSR count). The van der Waals surface area contributed by atoms with Crippen molar-refractivity contribution >= 4 is 11.6 Å². The molecule has 1 aromatic heterocycles. The Morgan fingerprint density at radius 2 is 2.15 bits per heavy atom. The van der Waals surface area contributed by atoms with Crippen LogP contribution in [-0.2, 0) is 6.61 Å². The first-order valence-corrected chi connectivity index (χ1v) is 4.15. The van der Waals surface area contributed by atoms with Crippen molar-refractivity contribution in [2.45, 2.75) is 6.61 Å². The average Bonchev–Trinajstić information content (AvgIpc) is 2.16. The number of nitrogens with zero attached hydrogens (tertiary/aromatic N) is 1. The van der Waals surface area contributed by atoms with Gasteiger partial charge in [-0.3, -0.25) is 0 Å². The SMILES string of the molecule is OCCOc1ccc(Cl)c(CO)n1. The van der Waals surface area contributed by atoms with Crippen LogP contribution in [0.25, 0.3) is 0 Å². The first kappa shape index (κ1) is 10.2. The molecular weight excluding hydrogens is 194 g/mol. The van der Waals surface area contributed by atoms with Crippen LogP contribution in [-0.4, -0.2) is 28.4 Å². The van der Waals surface area contributed by atoms with E-state index in [1.54, 1.807) is 12.1 Å². The molecule has 5 heteroatoms. The van der Waals surface area contributed by atoms with Crippen LogP contribution in [0.3, 0.4) is 0 Å². The topological polar surface area (TPSA) is 62.6 Å². The summed E-state index contributed by atoms with van der Waals surface area (Å²) in [7, 11) is 0. The summed E-state index contributed by atoms with van der Waals surface area (Å²) in [6.45, 7) is -0.118. The highest BCUT2D eigenvalue weighted by Crippen LogP contribution is 2.17. The van der Waals surface area contributed by atoms with Gasteiger partial charge in [-0.1, -0.05) is 11.6 Å². The van der Waals surface area contributed by atoms with Crippen molar-refractivity contribution in [1.82, 2.24) is 4.98 Å². The largest absolute Gasteiger partial charge is 0.475 e. The zero-order valence-electron chi connectivity index (χ0n) is 6.90. The van der Waals surface area contributed by atoms with Crippen LogP contribution >= 0.6 is 11.6 Å². The second-order valence-electron chi connectivity index (χ2n) is 2.31. The second kappa shape index (κ2) is 5.01. The Bertz CT molecular complexity index is 280. The highest BCUT2D eigenvalue weighted by Gasteiger charge is 2.02. The lowest BCUT2D eigenvalue weighted by Gasteiger charge is -2.05. The Labute approximate surface area is 80.8 Å². The minimum Gasteiger partial charge on any atom is -0.475 e. The summed E-state index contributed by atoms with van der Waals surface area (Å²) in [4.78, 5) is 3.91. The first-order valence-electron chi connectivity index (χ1n) is 3.78. The third-order valence-electron chi connectivity index (χ3n) is 1.38. The lowest BCUT2D eigenvalue weighted by atomic mass is 10.3. The molecule has 1 heterocycles. The van der Waals surface area contributed by atoms with E-state index < -0.39 is 0 Å². The molecule has 0 saturated heterocycles. The third kappa shape index (κ3) is 2.84. The van der Waals surface area contributed by atoms with Crippen LogP contribution in [0.15, 0.2) is 12.1 Å². The molecule has 0 saturated carbocycles. The highest BCUT2D eigenvalue weighted by molar-refractivity contribution is 6.31. The molecular formula is C8H10ClNO3. The summed E-state index contributed by atoms with van der Waals surface area (Å²) in [5.74, 6) is 0.350. The Balaban J connectivity index is 2.74. The summed E-state index contributed by atoms with van der Waals surface area (Å²) in [6, 6.07) is 3.17. The molecule has 0 bridgehead atoms. The molecule has 0 radical (unpaired) electrons. The zero-order chi connectivity index (χ0) is 9.68. The Hall–Kier alpha value is -0.840. The van der Waals surface area contributed by atoms with E-state index in [-0.39, 0.29) is 19.8 Å². The van der Waals surface area contributed by atoms with E-state index in [2.05, 4.69) is 4.98 Å². The molecule has 0 unspecified atom stereocenters. The Morgan fingerprint density at radius 1 is 1.38 bits per heavy atom. The van der Waals surface area contributed by atoms with E-state index in [0.29, 0.717) is 16.6 Å². The van der Waals surface area contributed by atoms with Crippen molar-refractivity contribution in [2.24, 2.45) is 0 Å². The van der Waals surface area contributed by atoms with Gasteiger partial charge in [-0.2, -0.15) is 0 Å². The Morgan fingerprint density at radius 3 is 2.77 bits per heavy atom. The number of aliphatic hydroxyl groups excluding tert-OH is 2. The second-order valence-corrected chi connectivity index (χ2v) is 2.72. The molecule has 0 amide bonds. The molecule has 0 spiro atoms. The minimum atomic E-state index is -0.227. The lowest BCUT2D eigenvalue weighted by Crippen LogP contribution is -2.04. The van der Waals surface area contributed by atoms with Crippen LogP contribution in [0.5, 0.6) is 5.88 Å². The number of hydrogen-bond donors (Lipinski definition) is 2. The molecule has 0 atom stereocenters. The van der Waals surface area contributed by atoms with E-state index in [1.165, 1.54) is 0 Å². The van der Waals surface area contributed by atoms with Gasteiger partial charge in [0.1, 0.15) is 6.61 Å². The van der Waals surface area contributed by atoms with Gasteiger partial charge in [0.05, 0.1) is 23.9 Å². The van der Waals surface area contributed by atoms with Gasteiger partial charge < -0.3 is 14.9 Å². The van der Waals surface area contributed by atoms with Gasteiger partial charge in [0.2, 0.25) is 5.88 Å². The molecule has 4 nitrogen and oxygen atoms in total. The third-order valence-corrected chi connectivity index (χ3v) is 1.73.